The molecule has 1 amide bonds. The highest BCUT2D eigenvalue weighted by Crippen LogP contribution is 2.23. The molecule has 0 spiro atoms. The van der Waals surface area contributed by atoms with Gasteiger partial charge in [0.15, 0.2) is 0 Å². The highest BCUT2D eigenvalue weighted by atomic mass is 16.3. The standard InChI is InChI=1S/C12H23NO2/c1-12(2,3)8-11(15)13-6-4-10(9-14)5-7-13/h10,14H,4-9H2,1-3H3. The van der Waals surface area contributed by atoms with Crippen LogP contribution in [0.15, 0.2) is 0 Å². The minimum Gasteiger partial charge on any atom is -0.396 e. The smallest absolute Gasteiger partial charge is 0.223 e. The van der Waals surface area contributed by atoms with E-state index in [1.807, 2.05) is 4.90 Å². The van der Waals surface area contributed by atoms with Gasteiger partial charge in [-0.25, -0.2) is 0 Å². The van der Waals surface area contributed by atoms with Gasteiger partial charge in [-0.15, -0.1) is 0 Å². The van der Waals surface area contributed by atoms with Gasteiger partial charge in [-0.05, 0) is 24.2 Å². The van der Waals surface area contributed by atoms with Gasteiger partial charge in [-0.2, -0.15) is 0 Å². The first-order valence-corrected chi connectivity index (χ1v) is 5.81. The highest BCUT2D eigenvalue weighted by molar-refractivity contribution is 5.76. The van der Waals surface area contributed by atoms with Crippen molar-refractivity contribution in [2.24, 2.45) is 11.3 Å². The van der Waals surface area contributed by atoms with Crippen LogP contribution in [0.25, 0.3) is 0 Å². The molecule has 15 heavy (non-hydrogen) atoms. The monoisotopic (exact) mass is 213 g/mol. The average Bonchev–Trinajstić information content (AvgIpc) is 2.15. The summed E-state index contributed by atoms with van der Waals surface area (Å²) in [7, 11) is 0. The lowest BCUT2D eigenvalue weighted by atomic mass is 9.90. The van der Waals surface area contributed by atoms with Gasteiger partial charge in [0.1, 0.15) is 0 Å². The Kier molecular flexibility index (Phi) is 4.14. The molecule has 1 N–H and O–H groups in total. The fourth-order valence-electron chi connectivity index (χ4n) is 1.93. The van der Waals surface area contributed by atoms with E-state index in [4.69, 9.17) is 5.11 Å². The van der Waals surface area contributed by atoms with Crippen LogP contribution in [-0.2, 0) is 4.79 Å². The summed E-state index contributed by atoms with van der Waals surface area (Å²) < 4.78 is 0. The second kappa shape index (κ2) is 4.97. The van der Waals surface area contributed by atoms with Gasteiger partial charge in [0.05, 0.1) is 0 Å². The van der Waals surface area contributed by atoms with E-state index in [2.05, 4.69) is 20.8 Å². The average molecular weight is 213 g/mol. The largest absolute Gasteiger partial charge is 0.396 e. The molecule has 0 unspecified atom stereocenters. The van der Waals surface area contributed by atoms with E-state index in [-0.39, 0.29) is 17.9 Å². The second-order valence-electron chi connectivity index (χ2n) is 5.74. The first-order valence-electron chi connectivity index (χ1n) is 5.81. The van der Waals surface area contributed by atoms with Crippen LogP contribution in [0.1, 0.15) is 40.0 Å². The lowest BCUT2D eigenvalue weighted by Gasteiger charge is -2.33. The number of nitrogens with zero attached hydrogens (tertiary/aromatic N) is 1. The number of hydrogen-bond acceptors (Lipinski definition) is 2. The third kappa shape index (κ3) is 4.20. The predicted octanol–water partition coefficient (Wildman–Crippen LogP) is 1.65. The molecule has 1 aliphatic rings. The quantitative estimate of drug-likeness (QED) is 0.757. The van der Waals surface area contributed by atoms with Gasteiger partial charge in [0.25, 0.3) is 0 Å². The summed E-state index contributed by atoms with van der Waals surface area (Å²) in [4.78, 5) is 13.8. The molecule has 0 aromatic carbocycles. The van der Waals surface area contributed by atoms with Gasteiger partial charge in [0.2, 0.25) is 5.91 Å². The molecule has 1 heterocycles. The van der Waals surface area contributed by atoms with Crippen molar-refractivity contribution in [3.8, 4) is 0 Å². The summed E-state index contributed by atoms with van der Waals surface area (Å²) in [5.74, 6) is 0.669. The zero-order valence-corrected chi connectivity index (χ0v) is 10.1. The molecule has 88 valence electrons. The number of aliphatic hydroxyl groups is 1. The van der Waals surface area contributed by atoms with Crippen LogP contribution in [0.2, 0.25) is 0 Å². The summed E-state index contributed by atoms with van der Waals surface area (Å²) in [6.07, 6.45) is 2.52. The Balaban J connectivity index is 2.37. The van der Waals surface area contributed by atoms with Crippen LogP contribution in [0.3, 0.4) is 0 Å². The molecule has 0 aliphatic carbocycles. The Morgan fingerprint density at radius 1 is 1.33 bits per heavy atom. The van der Waals surface area contributed by atoms with E-state index in [0.717, 1.165) is 25.9 Å². The lowest BCUT2D eigenvalue weighted by molar-refractivity contribution is -0.134. The normalized spacial score (nSPS) is 19.3. The molecule has 0 aromatic rings. The summed E-state index contributed by atoms with van der Waals surface area (Å²) in [6.45, 7) is 8.17. The molecule has 3 heteroatoms. The number of piperidine rings is 1. The van der Waals surface area contributed by atoms with Crippen molar-refractivity contribution in [2.45, 2.75) is 40.0 Å². The Labute approximate surface area is 92.5 Å². The van der Waals surface area contributed by atoms with Crippen molar-refractivity contribution in [1.29, 1.82) is 0 Å². The zero-order valence-electron chi connectivity index (χ0n) is 10.1. The molecule has 0 saturated carbocycles. The first-order chi connectivity index (χ1) is 6.92. The van der Waals surface area contributed by atoms with Crippen LogP contribution < -0.4 is 0 Å². The lowest BCUT2D eigenvalue weighted by Crippen LogP contribution is -2.40. The van der Waals surface area contributed by atoms with Crippen LogP contribution >= 0.6 is 0 Å². The maximum Gasteiger partial charge on any atom is 0.223 e. The first kappa shape index (κ1) is 12.5. The molecule has 0 radical (unpaired) electrons. The predicted molar refractivity (Wildman–Crippen MR) is 60.5 cm³/mol. The molecule has 1 rings (SSSR count). The van der Waals surface area contributed by atoms with Crippen molar-refractivity contribution in [3.63, 3.8) is 0 Å². The fraction of sp³-hybridized carbons (Fsp3) is 0.917. The summed E-state index contributed by atoms with van der Waals surface area (Å²) >= 11 is 0. The Morgan fingerprint density at radius 2 is 1.87 bits per heavy atom. The Bertz CT molecular complexity index is 212. The van der Waals surface area contributed by atoms with Gasteiger partial charge in [-0.3, -0.25) is 4.79 Å². The molecule has 0 aromatic heterocycles. The van der Waals surface area contributed by atoms with Crippen LogP contribution in [0.4, 0.5) is 0 Å². The van der Waals surface area contributed by atoms with Crippen LogP contribution in [0.5, 0.6) is 0 Å². The van der Waals surface area contributed by atoms with Gasteiger partial charge < -0.3 is 10.0 Å². The molecular formula is C12H23NO2. The maximum absolute atomic E-state index is 11.9. The van der Waals surface area contributed by atoms with E-state index in [9.17, 15) is 4.79 Å². The molecule has 1 fully saturated rings. The van der Waals surface area contributed by atoms with Gasteiger partial charge in [-0.1, -0.05) is 20.8 Å². The van der Waals surface area contributed by atoms with E-state index < -0.39 is 0 Å². The second-order valence-corrected chi connectivity index (χ2v) is 5.74. The van der Waals surface area contributed by atoms with E-state index >= 15 is 0 Å². The third-order valence-electron chi connectivity index (χ3n) is 2.91. The number of likely N-dealkylation sites (tertiary alicyclic amines) is 1. The summed E-state index contributed by atoms with van der Waals surface area (Å²) in [6, 6.07) is 0. The Hall–Kier alpha value is -0.570. The van der Waals surface area contributed by atoms with E-state index in [0.29, 0.717) is 12.3 Å². The van der Waals surface area contributed by atoms with Crippen molar-refractivity contribution in [1.82, 2.24) is 4.90 Å². The minimum atomic E-state index is 0.0743. The van der Waals surface area contributed by atoms with Crippen LogP contribution in [0, 0.1) is 11.3 Å². The molecule has 3 nitrogen and oxygen atoms in total. The number of aliphatic hydroxyl groups excluding tert-OH is 1. The number of rotatable bonds is 2. The van der Waals surface area contributed by atoms with Crippen molar-refractivity contribution >= 4 is 5.91 Å². The fourth-order valence-corrected chi connectivity index (χ4v) is 1.93. The van der Waals surface area contributed by atoms with Crippen LogP contribution in [-0.4, -0.2) is 35.6 Å². The molecule has 0 bridgehead atoms. The van der Waals surface area contributed by atoms with E-state index in [1.165, 1.54) is 0 Å². The van der Waals surface area contributed by atoms with Crippen molar-refractivity contribution < 1.29 is 9.90 Å². The SMILES string of the molecule is CC(C)(C)CC(=O)N1CCC(CO)CC1. The number of carbonyl (C=O) groups is 1. The number of carbonyl (C=O) groups excluding carboxylic acids is 1. The number of amides is 1. The Morgan fingerprint density at radius 3 is 2.27 bits per heavy atom. The molecular weight excluding hydrogens is 190 g/mol. The van der Waals surface area contributed by atoms with E-state index in [1.54, 1.807) is 0 Å². The molecule has 1 aliphatic heterocycles. The van der Waals surface area contributed by atoms with Crippen molar-refractivity contribution in [2.75, 3.05) is 19.7 Å². The maximum atomic E-state index is 11.9. The summed E-state index contributed by atoms with van der Waals surface area (Å²) in [5.41, 5.74) is 0.0743. The summed E-state index contributed by atoms with van der Waals surface area (Å²) in [5, 5.41) is 9.00. The topological polar surface area (TPSA) is 40.5 Å². The molecule has 0 atom stereocenters. The third-order valence-corrected chi connectivity index (χ3v) is 2.91. The van der Waals surface area contributed by atoms with Crippen molar-refractivity contribution in [3.05, 3.63) is 0 Å². The van der Waals surface area contributed by atoms with Gasteiger partial charge >= 0.3 is 0 Å². The minimum absolute atomic E-state index is 0.0743. The zero-order chi connectivity index (χ0) is 11.5. The van der Waals surface area contributed by atoms with Gasteiger partial charge in [0, 0.05) is 26.1 Å². The molecule has 1 saturated heterocycles. The highest BCUT2D eigenvalue weighted by Gasteiger charge is 2.25. The number of hydrogen-bond donors (Lipinski definition) is 1.